The van der Waals surface area contributed by atoms with Gasteiger partial charge in [0.1, 0.15) is 19.8 Å². The number of phosphoric acid groups is 1. The van der Waals surface area contributed by atoms with Crippen LogP contribution < -0.4 is 0 Å². The Hall–Kier alpha value is -1.44. The van der Waals surface area contributed by atoms with Crippen molar-refractivity contribution < 1.29 is 37.3 Å². The summed E-state index contributed by atoms with van der Waals surface area (Å²) in [6.45, 7) is 4.82. The normalized spacial score (nSPS) is 14.1. The summed E-state index contributed by atoms with van der Waals surface area (Å²) in [5, 5.41) is 0. The lowest BCUT2D eigenvalue weighted by Gasteiger charge is -2.24. The molecule has 0 aromatic carbocycles. The van der Waals surface area contributed by atoms with E-state index in [1.807, 2.05) is 33.3 Å². The number of likely N-dealkylation sites (N-methyl/N-ethyl adjacent to an activating group) is 1. The second kappa shape index (κ2) is 37.5. The van der Waals surface area contributed by atoms with E-state index in [1.54, 1.807) is 12.3 Å². The van der Waals surface area contributed by atoms with Gasteiger partial charge in [0.05, 0.1) is 34.0 Å². The molecule has 0 aliphatic rings. The summed E-state index contributed by atoms with van der Waals surface area (Å²) in [7, 11) is 1.59. The zero-order chi connectivity index (χ0) is 39.1. The molecule has 0 saturated carbocycles. The molecule has 2 atom stereocenters. The molecule has 1 unspecified atom stereocenters. The fourth-order valence-corrected chi connectivity index (χ4v) is 6.70. The quantitative estimate of drug-likeness (QED) is 0.0126. The summed E-state index contributed by atoms with van der Waals surface area (Å²) in [6.07, 6.45) is 44.8. The maximum atomic E-state index is 12.5. The van der Waals surface area contributed by atoms with E-state index in [2.05, 4.69) is 19.9 Å². The largest absolute Gasteiger partial charge is 0.498 e. The van der Waals surface area contributed by atoms with E-state index in [-0.39, 0.29) is 19.8 Å². The molecule has 312 valence electrons. The minimum absolute atomic E-state index is 0.00238. The Morgan fingerprint density at radius 1 is 0.604 bits per heavy atom. The Bertz CT molecular complexity index is 947. The predicted octanol–water partition coefficient (Wildman–Crippen LogP) is 13.0. The van der Waals surface area contributed by atoms with Gasteiger partial charge in [-0.3, -0.25) is 9.05 Å². The van der Waals surface area contributed by atoms with Gasteiger partial charge in [-0.05, 0) is 31.8 Å². The topological polar surface area (TPSA) is 91.3 Å². The highest BCUT2D eigenvalue weighted by molar-refractivity contribution is 7.47. The number of esters is 1. The van der Waals surface area contributed by atoms with Crippen molar-refractivity contribution in [2.75, 3.05) is 47.5 Å². The van der Waals surface area contributed by atoms with Gasteiger partial charge in [-0.1, -0.05) is 180 Å². The van der Waals surface area contributed by atoms with Crippen LogP contribution in [0.5, 0.6) is 0 Å². The maximum Gasteiger partial charge on any atom is 0.472 e. The Morgan fingerprint density at radius 2 is 1.04 bits per heavy atom. The number of carbonyl (C=O) groups is 1. The van der Waals surface area contributed by atoms with E-state index in [4.69, 9.17) is 18.5 Å². The Balaban J connectivity index is 4.38. The van der Waals surface area contributed by atoms with Crippen molar-refractivity contribution in [2.24, 2.45) is 0 Å². The van der Waals surface area contributed by atoms with Gasteiger partial charge in [0, 0.05) is 6.08 Å². The SMILES string of the molecule is CCCCCCCCCCCCC/C=C/C=C/C(=O)O[C@H](CO/C=C/CCCCCCCCCCCCCCCC)COP(=O)(O)OCC[N+](C)(C)C. The fourth-order valence-electron chi connectivity index (χ4n) is 5.96. The Morgan fingerprint density at radius 3 is 1.49 bits per heavy atom. The molecule has 0 bridgehead atoms. The summed E-state index contributed by atoms with van der Waals surface area (Å²) >= 11 is 0. The van der Waals surface area contributed by atoms with Gasteiger partial charge >= 0.3 is 13.8 Å². The summed E-state index contributed by atoms with van der Waals surface area (Å²) in [5.41, 5.74) is 0. The summed E-state index contributed by atoms with van der Waals surface area (Å²) < 4.78 is 34.5. The first-order chi connectivity index (χ1) is 25.6. The zero-order valence-corrected chi connectivity index (χ0v) is 36.1. The molecule has 0 radical (unpaired) electrons. The number of rotatable bonds is 40. The van der Waals surface area contributed by atoms with Gasteiger partial charge in [-0.2, -0.15) is 0 Å². The number of phosphoric ester groups is 1. The van der Waals surface area contributed by atoms with Crippen molar-refractivity contribution in [1.29, 1.82) is 0 Å². The highest BCUT2D eigenvalue weighted by Crippen LogP contribution is 2.43. The lowest BCUT2D eigenvalue weighted by Crippen LogP contribution is -2.37. The van der Waals surface area contributed by atoms with Crippen molar-refractivity contribution in [1.82, 2.24) is 0 Å². The Labute approximate surface area is 327 Å². The van der Waals surface area contributed by atoms with Crippen LogP contribution in [0.15, 0.2) is 36.6 Å². The van der Waals surface area contributed by atoms with E-state index < -0.39 is 19.9 Å². The van der Waals surface area contributed by atoms with Crippen LogP contribution in [0.1, 0.15) is 187 Å². The van der Waals surface area contributed by atoms with Gasteiger partial charge in [0.2, 0.25) is 0 Å². The van der Waals surface area contributed by atoms with Crippen LogP contribution in [-0.2, 0) is 27.9 Å². The van der Waals surface area contributed by atoms with Crippen LogP contribution in [-0.4, -0.2) is 69.0 Å². The molecule has 0 spiro atoms. The molecule has 0 aromatic heterocycles. The number of unbranched alkanes of at least 4 members (excludes halogenated alkanes) is 25. The third-order valence-corrected chi connectivity index (χ3v) is 10.4. The standard InChI is InChI=1S/C44H84NO7P/c1-6-8-10-12-14-16-18-20-22-24-26-28-30-32-34-36-39-49-41-43(42-51-53(47,48)50-40-38-45(3,4)5)52-44(46)37-35-33-31-29-27-25-23-21-19-17-15-13-11-9-7-2/h31,33,35-37,39,43H,6-30,32,34,38,40-42H2,1-5H3/p+1/b33-31+,37-35+,39-36+/t43-/m1/s1. The molecule has 1 N–H and O–H groups in total. The number of allylic oxidation sites excluding steroid dienone is 4. The molecule has 0 rings (SSSR count). The molecule has 0 aromatic rings. The first-order valence-electron chi connectivity index (χ1n) is 21.8. The molecular formula is C44H85NO7P+. The smallest absolute Gasteiger partial charge is 0.472 e. The van der Waals surface area contributed by atoms with Gasteiger partial charge in [0.15, 0.2) is 6.10 Å². The minimum Gasteiger partial charge on any atom is -0.498 e. The van der Waals surface area contributed by atoms with Crippen molar-refractivity contribution in [3.8, 4) is 0 Å². The average Bonchev–Trinajstić information content (AvgIpc) is 3.11. The number of ether oxygens (including phenoxy) is 2. The maximum absolute atomic E-state index is 12.5. The molecule has 0 aliphatic heterocycles. The van der Waals surface area contributed by atoms with Crippen molar-refractivity contribution in [3.63, 3.8) is 0 Å². The van der Waals surface area contributed by atoms with E-state index >= 15 is 0 Å². The second-order valence-corrected chi connectivity index (χ2v) is 17.3. The lowest BCUT2D eigenvalue weighted by atomic mass is 10.0. The number of hydrogen-bond acceptors (Lipinski definition) is 6. The van der Waals surface area contributed by atoms with Crippen LogP contribution in [0.4, 0.5) is 0 Å². The number of nitrogens with zero attached hydrogens (tertiary/aromatic N) is 1. The third-order valence-electron chi connectivity index (χ3n) is 9.38. The predicted molar refractivity (Wildman–Crippen MR) is 224 cm³/mol. The summed E-state index contributed by atoms with van der Waals surface area (Å²) in [5.74, 6) is -0.563. The highest BCUT2D eigenvalue weighted by atomic mass is 31.2. The molecule has 0 aliphatic carbocycles. The van der Waals surface area contributed by atoms with Crippen LogP contribution in [0.25, 0.3) is 0 Å². The van der Waals surface area contributed by atoms with Gasteiger partial charge in [0.25, 0.3) is 0 Å². The monoisotopic (exact) mass is 771 g/mol. The lowest BCUT2D eigenvalue weighted by molar-refractivity contribution is -0.870. The number of quaternary nitrogens is 1. The van der Waals surface area contributed by atoms with E-state index in [0.29, 0.717) is 11.0 Å². The van der Waals surface area contributed by atoms with E-state index in [1.165, 1.54) is 154 Å². The number of carbonyl (C=O) groups excluding carboxylic acids is 1. The van der Waals surface area contributed by atoms with Crippen LogP contribution in [0.3, 0.4) is 0 Å². The van der Waals surface area contributed by atoms with E-state index in [9.17, 15) is 14.3 Å². The first kappa shape index (κ1) is 51.6. The molecule has 0 amide bonds. The molecule has 9 heteroatoms. The summed E-state index contributed by atoms with van der Waals surface area (Å²) in [6, 6.07) is 0. The van der Waals surface area contributed by atoms with Gasteiger partial charge in [-0.15, -0.1) is 0 Å². The van der Waals surface area contributed by atoms with E-state index in [0.717, 1.165) is 25.7 Å². The zero-order valence-electron chi connectivity index (χ0n) is 35.3. The third kappa shape index (κ3) is 41.6. The highest BCUT2D eigenvalue weighted by Gasteiger charge is 2.26. The van der Waals surface area contributed by atoms with Crippen LogP contribution >= 0.6 is 7.82 Å². The average molecular weight is 771 g/mol. The fraction of sp³-hybridized carbons (Fsp3) is 0.841. The van der Waals surface area contributed by atoms with Crippen LogP contribution in [0, 0.1) is 0 Å². The molecule has 0 heterocycles. The second-order valence-electron chi connectivity index (χ2n) is 15.9. The minimum atomic E-state index is -4.31. The van der Waals surface area contributed by atoms with Gasteiger partial charge in [-0.25, -0.2) is 9.36 Å². The van der Waals surface area contributed by atoms with Crippen molar-refractivity contribution in [2.45, 2.75) is 193 Å². The molecular weight excluding hydrogens is 685 g/mol. The van der Waals surface area contributed by atoms with Crippen molar-refractivity contribution >= 4 is 13.8 Å². The van der Waals surface area contributed by atoms with Crippen LogP contribution in [0.2, 0.25) is 0 Å². The van der Waals surface area contributed by atoms with Crippen molar-refractivity contribution in [3.05, 3.63) is 36.6 Å². The molecule has 0 saturated heterocycles. The first-order valence-corrected chi connectivity index (χ1v) is 23.3. The Kier molecular flexibility index (Phi) is 36.5. The summed E-state index contributed by atoms with van der Waals surface area (Å²) in [4.78, 5) is 22.7. The van der Waals surface area contributed by atoms with Gasteiger partial charge < -0.3 is 18.9 Å². The molecule has 0 fully saturated rings. The molecule has 53 heavy (non-hydrogen) atoms. The molecule has 8 nitrogen and oxygen atoms in total. The number of hydrogen-bond donors (Lipinski definition) is 1.